The highest BCUT2D eigenvalue weighted by Gasteiger charge is 2.28. The van der Waals surface area contributed by atoms with Crippen LogP contribution in [0.25, 0.3) is 0 Å². The van der Waals surface area contributed by atoms with Crippen molar-refractivity contribution in [2.45, 2.75) is 54.3 Å². The van der Waals surface area contributed by atoms with Gasteiger partial charge in [-0.05, 0) is 31.7 Å². The van der Waals surface area contributed by atoms with E-state index in [0.29, 0.717) is 12.5 Å². The number of ether oxygens (including phenoxy) is 1. The van der Waals surface area contributed by atoms with Gasteiger partial charge >= 0.3 is 0 Å². The van der Waals surface area contributed by atoms with E-state index in [2.05, 4.69) is 71.9 Å². The van der Waals surface area contributed by atoms with Crippen LogP contribution >= 0.6 is 0 Å². The third-order valence-corrected chi connectivity index (χ3v) is 3.37. The summed E-state index contributed by atoms with van der Waals surface area (Å²) in [5.41, 5.74) is 2.81. The minimum absolute atomic E-state index is 0.216. The van der Waals surface area contributed by atoms with Gasteiger partial charge in [0.05, 0.1) is 12.7 Å². The van der Waals surface area contributed by atoms with E-state index in [1.165, 1.54) is 11.1 Å². The van der Waals surface area contributed by atoms with E-state index in [1.54, 1.807) is 0 Å². The molecule has 1 heteroatoms. The second-order valence-corrected chi connectivity index (χ2v) is 6.64. The summed E-state index contributed by atoms with van der Waals surface area (Å²) in [6.07, 6.45) is 2.56. The van der Waals surface area contributed by atoms with Crippen LogP contribution in [0.1, 0.15) is 47.1 Å². The molecule has 0 aromatic heterocycles. The van der Waals surface area contributed by atoms with Crippen molar-refractivity contribution < 1.29 is 4.74 Å². The second-order valence-electron chi connectivity index (χ2n) is 6.64. The van der Waals surface area contributed by atoms with E-state index in [1.807, 2.05) is 6.07 Å². The number of allylic oxidation sites excluding steroid dienone is 1. The van der Waals surface area contributed by atoms with Crippen molar-refractivity contribution in [3.05, 3.63) is 47.5 Å². The van der Waals surface area contributed by atoms with Gasteiger partial charge in [-0.1, -0.05) is 62.8 Å². The van der Waals surface area contributed by atoms with Crippen LogP contribution in [0.5, 0.6) is 0 Å². The third kappa shape index (κ3) is 5.61. The summed E-state index contributed by atoms with van der Waals surface area (Å²) < 4.78 is 6.07. The molecule has 0 fully saturated rings. The molecule has 0 N–H and O–H groups in total. The van der Waals surface area contributed by atoms with Crippen molar-refractivity contribution in [2.75, 3.05) is 0 Å². The Labute approximate surface area is 118 Å². The van der Waals surface area contributed by atoms with Crippen LogP contribution in [0.2, 0.25) is 0 Å². The van der Waals surface area contributed by atoms with Gasteiger partial charge in [0.15, 0.2) is 0 Å². The maximum atomic E-state index is 6.07. The van der Waals surface area contributed by atoms with Gasteiger partial charge in [-0.2, -0.15) is 0 Å². The highest BCUT2D eigenvalue weighted by Crippen LogP contribution is 2.32. The molecule has 0 aliphatic heterocycles. The van der Waals surface area contributed by atoms with Crippen molar-refractivity contribution in [3.63, 3.8) is 0 Å². The summed E-state index contributed by atoms with van der Waals surface area (Å²) in [7, 11) is 0. The van der Waals surface area contributed by atoms with Gasteiger partial charge in [0, 0.05) is 5.92 Å². The summed E-state index contributed by atoms with van der Waals surface area (Å²) in [6, 6.07) is 10.4. The molecule has 0 heterocycles. The summed E-state index contributed by atoms with van der Waals surface area (Å²) in [5, 5.41) is 0. The standard InChI is InChI=1S/C18H28O/c1-14(2)12-17(18(4,5)6)15(3)19-13-16-10-8-7-9-11-16/h7-12,15,17H,13H2,1-6H3/t15-,17-/m0/s1. The van der Waals surface area contributed by atoms with Gasteiger partial charge in [-0.15, -0.1) is 0 Å². The number of hydrogen-bond acceptors (Lipinski definition) is 1. The molecule has 0 radical (unpaired) electrons. The van der Waals surface area contributed by atoms with Gasteiger partial charge in [-0.3, -0.25) is 0 Å². The van der Waals surface area contributed by atoms with Crippen LogP contribution in [0.15, 0.2) is 42.0 Å². The summed E-state index contributed by atoms with van der Waals surface area (Å²) in [5.74, 6) is 0.432. The summed E-state index contributed by atoms with van der Waals surface area (Å²) in [6.45, 7) is 14.0. The third-order valence-electron chi connectivity index (χ3n) is 3.37. The lowest BCUT2D eigenvalue weighted by molar-refractivity contribution is -0.00442. The zero-order chi connectivity index (χ0) is 14.5. The average molecular weight is 260 g/mol. The number of benzene rings is 1. The minimum atomic E-state index is 0.216. The molecular weight excluding hydrogens is 232 g/mol. The van der Waals surface area contributed by atoms with Crippen LogP contribution in [-0.4, -0.2) is 6.10 Å². The Morgan fingerprint density at radius 1 is 1.16 bits per heavy atom. The smallest absolute Gasteiger partial charge is 0.0720 e. The van der Waals surface area contributed by atoms with Crippen molar-refractivity contribution >= 4 is 0 Å². The van der Waals surface area contributed by atoms with Crippen molar-refractivity contribution in [1.29, 1.82) is 0 Å². The number of hydrogen-bond donors (Lipinski definition) is 0. The van der Waals surface area contributed by atoms with Crippen molar-refractivity contribution in [1.82, 2.24) is 0 Å². The lowest BCUT2D eigenvalue weighted by atomic mass is 9.77. The fourth-order valence-corrected chi connectivity index (χ4v) is 2.35. The molecule has 1 aromatic carbocycles. The molecule has 0 saturated carbocycles. The molecule has 0 amide bonds. The second kappa shape index (κ2) is 6.91. The topological polar surface area (TPSA) is 9.23 Å². The molecule has 0 spiro atoms. The van der Waals surface area contributed by atoms with Crippen LogP contribution in [0.4, 0.5) is 0 Å². The minimum Gasteiger partial charge on any atom is -0.373 e. The fraction of sp³-hybridized carbons (Fsp3) is 0.556. The lowest BCUT2D eigenvalue weighted by Crippen LogP contribution is -2.31. The maximum absolute atomic E-state index is 6.07. The Morgan fingerprint density at radius 2 is 1.74 bits per heavy atom. The van der Waals surface area contributed by atoms with Gasteiger partial charge in [0.25, 0.3) is 0 Å². The molecule has 0 aliphatic rings. The highest BCUT2D eigenvalue weighted by atomic mass is 16.5. The predicted octanol–water partition coefficient (Wildman–Crippen LogP) is 5.22. The molecule has 2 atom stereocenters. The largest absolute Gasteiger partial charge is 0.373 e. The summed E-state index contributed by atoms with van der Waals surface area (Å²) >= 11 is 0. The van der Waals surface area contributed by atoms with Crippen LogP contribution in [-0.2, 0) is 11.3 Å². The molecule has 0 bridgehead atoms. The zero-order valence-corrected chi connectivity index (χ0v) is 13.2. The van der Waals surface area contributed by atoms with E-state index in [4.69, 9.17) is 4.74 Å². The molecule has 0 saturated heterocycles. The van der Waals surface area contributed by atoms with E-state index in [-0.39, 0.29) is 11.5 Å². The Kier molecular flexibility index (Phi) is 5.81. The monoisotopic (exact) mass is 260 g/mol. The molecule has 0 aliphatic carbocycles. The molecule has 1 rings (SSSR count). The van der Waals surface area contributed by atoms with E-state index >= 15 is 0 Å². The Morgan fingerprint density at radius 3 is 2.21 bits per heavy atom. The SMILES string of the molecule is CC(C)=C[C@@H]([C@H](C)OCc1ccccc1)C(C)(C)C. The Balaban J connectivity index is 2.68. The van der Waals surface area contributed by atoms with Crippen LogP contribution in [0.3, 0.4) is 0 Å². The highest BCUT2D eigenvalue weighted by molar-refractivity contribution is 5.13. The van der Waals surface area contributed by atoms with Crippen LogP contribution in [0, 0.1) is 11.3 Å². The normalized spacial score (nSPS) is 14.8. The molecular formula is C18H28O. The fourth-order valence-electron chi connectivity index (χ4n) is 2.35. The van der Waals surface area contributed by atoms with Gasteiger partial charge in [0.2, 0.25) is 0 Å². The molecule has 0 unspecified atom stereocenters. The molecule has 106 valence electrons. The molecule has 1 aromatic rings. The van der Waals surface area contributed by atoms with E-state index < -0.39 is 0 Å². The van der Waals surface area contributed by atoms with Crippen LogP contribution < -0.4 is 0 Å². The first-order valence-corrected chi connectivity index (χ1v) is 7.11. The average Bonchev–Trinajstić information content (AvgIpc) is 2.33. The number of rotatable bonds is 5. The summed E-state index contributed by atoms with van der Waals surface area (Å²) in [4.78, 5) is 0. The first-order chi connectivity index (χ1) is 8.80. The first kappa shape index (κ1) is 16.0. The zero-order valence-electron chi connectivity index (χ0n) is 13.2. The first-order valence-electron chi connectivity index (χ1n) is 7.11. The maximum Gasteiger partial charge on any atom is 0.0720 e. The van der Waals surface area contributed by atoms with Crippen molar-refractivity contribution in [3.8, 4) is 0 Å². The van der Waals surface area contributed by atoms with E-state index in [0.717, 1.165) is 0 Å². The molecule has 1 nitrogen and oxygen atoms in total. The van der Waals surface area contributed by atoms with E-state index in [9.17, 15) is 0 Å². The van der Waals surface area contributed by atoms with Gasteiger partial charge in [0.1, 0.15) is 0 Å². The molecule has 19 heavy (non-hydrogen) atoms. The van der Waals surface area contributed by atoms with Gasteiger partial charge in [-0.25, -0.2) is 0 Å². The van der Waals surface area contributed by atoms with Crippen molar-refractivity contribution in [2.24, 2.45) is 11.3 Å². The predicted molar refractivity (Wildman–Crippen MR) is 83.1 cm³/mol. The van der Waals surface area contributed by atoms with Gasteiger partial charge < -0.3 is 4.74 Å². The lowest BCUT2D eigenvalue weighted by Gasteiger charge is -2.33. The Bertz CT molecular complexity index is 393. The Hall–Kier alpha value is -1.08. The quantitative estimate of drug-likeness (QED) is 0.659.